The van der Waals surface area contributed by atoms with Crippen LogP contribution >= 0.6 is 0 Å². The molecule has 0 aliphatic heterocycles. The Labute approximate surface area is 116 Å². The molecular formula is C16H15NO3. The van der Waals surface area contributed by atoms with E-state index in [1.165, 1.54) is 0 Å². The molecule has 2 atom stereocenters. The Kier molecular flexibility index (Phi) is 2.19. The molecule has 2 N–H and O–H groups in total. The molecule has 0 radical (unpaired) electrons. The molecule has 0 saturated carbocycles. The molecule has 5 rings (SSSR count). The van der Waals surface area contributed by atoms with Gasteiger partial charge in [0.15, 0.2) is 0 Å². The summed E-state index contributed by atoms with van der Waals surface area (Å²) in [5, 5.41) is 22.5. The van der Waals surface area contributed by atoms with Crippen molar-refractivity contribution in [3.63, 3.8) is 0 Å². The molecule has 3 aliphatic carbocycles. The van der Waals surface area contributed by atoms with Crippen LogP contribution in [0.4, 0.5) is 0 Å². The third kappa shape index (κ3) is 1.22. The van der Waals surface area contributed by atoms with Gasteiger partial charge in [-0.15, -0.1) is 0 Å². The molecule has 102 valence electrons. The summed E-state index contributed by atoms with van der Waals surface area (Å²) in [5.74, 6) is 0.556. The average Bonchev–Trinajstić information content (AvgIpc) is 2.53. The zero-order valence-electron chi connectivity index (χ0n) is 11.1. The van der Waals surface area contributed by atoms with Crippen LogP contribution in [0.5, 0.6) is 11.5 Å². The van der Waals surface area contributed by atoms with Crippen LogP contribution in [0.3, 0.4) is 0 Å². The van der Waals surface area contributed by atoms with E-state index < -0.39 is 5.60 Å². The molecule has 2 unspecified atom stereocenters. The molecule has 20 heavy (non-hydrogen) atoms. The predicted octanol–water partition coefficient (Wildman–Crippen LogP) is 2.93. The molecule has 0 amide bonds. The smallest absolute Gasteiger partial charge is 0.130 e. The number of rotatable bonds is 1. The Morgan fingerprint density at radius 1 is 1.30 bits per heavy atom. The normalized spacial score (nSPS) is 26.9. The highest BCUT2D eigenvalue weighted by Gasteiger charge is 2.45. The van der Waals surface area contributed by atoms with Crippen LogP contribution in [0, 0.1) is 0 Å². The third-order valence-corrected chi connectivity index (χ3v) is 4.68. The van der Waals surface area contributed by atoms with E-state index in [1.54, 1.807) is 25.6 Å². The molecule has 2 aromatic rings. The topological polar surface area (TPSA) is 62.6 Å². The highest BCUT2D eigenvalue weighted by Crippen LogP contribution is 2.57. The number of phenolic OH excluding ortho intramolecular Hbond substituents is 2. The van der Waals surface area contributed by atoms with E-state index in [-0.39, 0.29) is 17.4 Å². The zero-order valence-corrected chi connectivity index (χ0v) is 11.1. The minimum Gasteiger partial charge on any atom is -0.507 e. The van der Waals surface area contributed by atoms with Crippen molar-refractivity contribution in [1.29, 1.82) is 0 Å². The summed E-state index contributed by atoms with van der Waals surface area (Å²) in [5.41, 5.74) is 0.886. The van der Waals surface area contributed by atoms with Gasteiger partial charge in [0.25, 0.3) is 0 Å². The van der Waals surface area contributed by atoms with Crippen molar-refractivity contribution >= 4 is 10.8 Å². The highest BCUT2D eigenvalue weighted by molar-refractivity contribution is 5.96. The number of allylic oxidation sites excluding steroid dienone is 1. The van der Waals surface area contributed by atoms with Crippen LogP contribution in [0.15, 0.2) is 30.6 Å². The van der Waals surface area contributed by atoms with Crippen LogP contribution in [-0.4, -0.2) is 22.3 Å². The maximum Gasteiger partial charge on any atom is 0.130 e. The first-order chi connectivity index (χ1) is 9.68. The van der Waals surface area contributed by atoms with Crippen LogP contribution in [-0.2, 0) is 10.3 Å². The van der Waals surface area contributed by atoms with Crippen molar-refractivity contribution in [1.82, 2.24) is 4.98 Å². The lowest BCUT2D eigenvalue weighted by Gasteiger charge is -2.43. The fraction of sp³-hybridized carbons (Fsp3) is 0.312. The van der Waals surface area contributed by atoms with Gasteiger partial charge < -0.3 is 14.9 Å². The fourth-order valence-electron chi connectivity index (χ4n) is 3.65. The van der Waals surface area contributed by atoms with Crippen molar-refractivity contribution < 1.29 is 14.9 Å². The van der Waals surface area contributed by atoms with Crippen LogP contribution in [0.2, 0.25) is 0 Å². The number of phenols is 2. The van der Waals surface area contributed by atoms with E-state index in [9.17, 15) is 10.2 Å². The first kappa shape index (κ1) is 11.7. The number of ether oxygens (including phenoxy) is 1. The lowest BCUT2D eigenvalue weighted by molar-refractivity contribution is 0.00452. The van der Waals surface area contributed by atoms with Gasteiger partial charge in [0.05, 0.1) is 0 Å². The lowest BCUT2D eigenvalue weighted by atomic mass is 9.67. The number of hydrogen-bond acceptors (Lipinski definition) is 4. The number of aromatic nitrogens is 1. The van der Waals surface area contributed by atoms with Gasteiger partial charge in [-0.05, 0) is 18.9 Å². The quantitative estimate of drug-likeness (QED) is 0.617. The van der Waals surface area contributed by atoms with E-state index in [4.69, 9.17) is 4.74 Å². The number of fused-ring (bicyclic) bond motifs is 2. The molecule has 2 bridgehead atoms. The molecule has 1 aromatic carbocycles. The second kappa shape index (κ2) is 3.73. The molecule has 0 saturated heterocycles. The summed E-state index contributed by atoms with van der Waals surface area (Å²) in [6.45, 7) is 0. The Morgan fingerprint density at radius 3 is 2.85 bits per heavy atom. The van der Waals surface area contributed by atoms with E-state index in [1.807, 2.05) is 6.08 Å². The Bertz CT molecular complexity index is 753. The molecule has 4 heteroatoms. The Morgan fingerprint density at radius 2 is 2.15 bits per heavy atom. The van der Waals surface area contributed by atoms with Crippen molar-refractivity contribution in [2.24, 2.45) is 0 Å². The Hall–Kier alpha value is -2.07. The summed E-state index contributed by atoms with van der Waals surface area (Å²) in [4.78, 5) is 4.04. The van der Waals surface area contributed by atoms with Gasteiger partial charge in [0.2, 0.25) is 0 Å². The SMILES string of the molecule is COC12C=CC(CC1)c1c2c(O)c2ccncc2c1O. The second-order valence-corrected chi connectivity index (χ2v) is 5.51. The monoisotopic (exact) mass is 269 g/mol. The van der Waals surface area contributed by atoms with E-state index in [0.717, 1.165) is 24.0 Å². The van der Waals surface area contributed by atoms with Gasteiger partial charge in [-0.2, -0.15) is 0 Å². The molecule has 1 heterocycles. The predicted molar refractivity (Wildman–Crippen MR) is 74.9 cm³/mol. The first-order valence-corrected chi connectivity index (χ1v) is 6.74. The largest absolute Gasteiger partial charge is 0.507 e. The molecule has 0 fully saturated rings. The number of benzene rings is 1. The van der Waals surface area contributed by atoms with E-state index in [2.05, 4.69) is 11.1 Å². The number of methoxy groups -OCH3 is 1. The van der Waals surface area contributed by atoms with Gasteiger partial charge in [-0.25, -0.2) is 0 Å². The minimum atomic E-state index is -0.622. The summed E-state index contributed by atoms with van der Waals surface area (Å²) in [7, 11) is 1.65. The summed E-state index contributed by atoms with van der Waals surface area (Å²) >= 11 is 0. The summed E-state index contributed by atoms with van der Waals surface area (Å²) in [6.07, 6.45) is 9.02. The Balaban J connectivity index is 2.18. The summed E-state index contributed by atoms with van der Waals surface area (Å²) in [6, 6.07) is 1.72. The number of aromatic hydroxyl groups is 2. The van der Waals surface area contributed by atoms with Crippen molar-refractivity contribution in [2.45, 2.75) is 24.4 Å². The summed E-state index contributed by atoms with van der Waals surface area (Å²) < 4.78 is 5.70. The molecule has 0 spiro atoms. The van der Waals surface area contributed by atoms with Gasteiger partial charge in [0.1, 0.15) is 17.1 Å². The van der Waals surface area contributed by atoms with Crippen LogP contribution in [0.25, 0.3) is 10.8 Å². The maximum atomic E-state index is 10.7. The van der Waals surface area contributed by atoms with Crippen molar-refractivity contribution in [2.75, 3.05) is 7.11 Å². The second-order valence-electron chi connectivity index (χ2n) is 5.51. The van der Waals surface area contributed by atoms with Gasteiger partial charge in [0, 0.05) is 47.3 Å². The fourth-order valence-corrected chi connectivity index (χ4v) is 3.65. The lowest BCUT2D eigenvalue weighted by Crippen LogP contribution is -2.35. The molecular weight excluding hydrogens is 254 g/mol. The van der Waals surface area contributed by atoms with Gasteiger partial charge >= 0.3 is 0 Å². The third-order valence-electron chi connectivity index (χ3n) is 4.68. The zero-order chi connectivity index (χ0) is 13.9. The molecule has 1 aromatic heterocycles. The van der Waals surface area contributed by atoms with E-state index in [0.29, 0.717) is 10.8 Å². The average molecular weight is 269 g/mol. The van der Waals surface area contributed by atoms with Gasteiger partial charge in [-0.1, -0.05) is 12.2 Å². The standard InChI is InChI=1S/C16H15NO3/c1-20-16-5-2-9(3-6-16)12-13(16)15(19)10-4-7-17-8-11(10)14(12)18/h2,4-5,7-9,18-19H,3,6H2,1H3. The van der Waals surface area contributed by atoms with Crippen molar-refractivity contribution in [3.8, 4) is 11.5 Å². The maximum absolute atomic E-state index is 10.7. The van der Waals surface area contributed by atoms with Gasteiger partial charge in [-0.3, -0.25) is 4.98 Å². The molecule has 4 nitrogen and oxygen atoms in total. The van der Waals surface area contributed by atoms with Crippen molar-refractivity contribution in [3.05, 3.63) is 41.7 Å². The van der Waals surface area contributed by atoms with E-state index >= 15 is 0 Å². The van der Waals surface area contributed by atoms with Crippen LogP contribution < -0.4 is 0 Å². The molecule has 3 aliphatic rings. The highest BCUT2D eigenvalue weighted by atomic mass is 16.5. The number of nitrogens with zero attached hydrogens (tertiary/aromatic N) is 1. The first-order valence-electron chi connectivity index (χ1n) is 6.74. The minimum absolute atomic E-state index is 0.137. The number of pyridine rings is 1. The van der Waals surface area contributed by atoms with Crippen LogP contribution in [0.1, 0.15) is 29.9 Å². The number of hydrogen-bond donors (Lipinski definition) is 2.